The van der Waals surface area contributed by atoms with E-state index in [1.54, 1.807) is 0 Å². The molecule has 0 amide bonds. The fourth-order valence-electron chi connectivity index (χ4n) is 2.31. The Kier molecular flexibility index (Phi) is 6.81. The van der Waals surface area contributed by atoms with Crippen LogP contribution in [0.25, 0.3) is 0 Å². The molecule has 0 aliphatic heterocycles. The molecule has 0 radical (unpaired) electrons. The van der Waals surface area contributed by atoms with Crippen LogP contribution in [0.5, 0.6) is 0 Å². The van der Waals surface area contributed by atoms with E-state index in [1.165, 1.54) is 24.1 Å². The molecule has 0 aliphatic rings. The maximum Gasteiger partial charge on any atom is 0.0399 e. The minimum absolute atomic E-state index is 0.274. The summed E-state index contributed by atoms with van der Waals surface area (Å²) in [4.78, 5) is 2.50. The van der Waals surface area contributed by atoms with Gasteiger partial charge in [-0.3, -0.25) is 0 Å². The second kappa shape index (κ2) is 8.15. The summed E-state index contributed by atoms with van der Waals surface area (Å²) >= 11 is 0. The molecule has 0 aromatic heterocycles. The van der Waals surface area contributed by atoms with E-state index < -0.39 is 0 Å². The van der Waals surface area contributed by atoms with E-state index in [1.807, 2.05) is 0 Å². The van der Waals surface area contributed by atoms with Gasteiger partial charge in [-0.1, -0.05) is 39.0 Å². The summed E-state index contributed by atoms with van der Waals surface area (Å²) in [5.74, 6) is 0. The van der Waals surface area contributed by atoms with Gasteiger partial charge in [-0.25, -0.2) is 0 Å². The highest BCUT2D eigenvalue weighted by atomic mass is 15.1. The highest BCUT2D eigenvalue weighted by Crippen LogP contribution is 2.22. The van der Waals surface area contributed by atoms with Gasteiger partial charge >= 0.3 is 0 Å². The molecule has 1 rings (SSSR count). The van der Waals surface area contributed by atoms with Gasteiger partial charge in [0, 0.05) is 24.8 Å². The summed E-state index contributed by atoms with van der Waals surface area (Å²) in [6.07, 6.45) is 4.40. The normalized spacial score (nSPS) is 12.4. The molecule has 0 saturated carbocycles. The molecule has 102 valence electrons. The lowest BCUT2D eigenvalue weighted by molar-refractivity contribution is 0.642. The Balaban J connectivity index is 2.90. The molecular weight excluding hydrogens is 220 g/mol. The van der Waals surface area contributed by atoms with Crippen molar-refractivity contribution >= 4 is 5.69 Å². The molecule has 18 heavy (non-hydrogen) atoms. The summed E-state index contributed by atoms with van der Waals surface area (Å²) in [6.45, 7) is 8.90. The fourth-order valence-corrected chi connectivity index (χ4v) is 2.31. The lowest BCUT2D eigenvalue weighted by Gasteiger charge is -2.27. The van der Waals surface area contributed by atoms with Crippen molar-refractivity contribution in [1.29, 1.82) is 0 Å². The van der Waals surface area contributed by atoms with Crippen molar-refractivity contribution in [3.05, 3.63) is 29.8 Å². The van der Waals surface area contributed by atoms with Crippen LogP contribution in [0.1, 0.15) is 45.6 Å². The van der Waals surface area contributed by atoms with Crippen LogP contribution >= 0.6 is 0 Å². The zero-order chi connectivity index (χ0) is 13.4. The first-order valence-corrected chi connectivity index (χ1v) is 7.31. The fraction of sp³-hybridized carbons (Fsp3) is 0.625. The number of nitrogens with zero attached hydrogens (tertiary/aromatic N) is 1. The first kappa shape index (κ1) is 15.0. The van der Waals surface area contributed by atoms with E-state index in [2.05, 4.69) is 49.9 Å². The molecule has 0 saturated heterocycles. The van der Waals surface area contributed by atoms with E-state index >= 15 is 0 Å². The van der Waals surface area contributed by atoms with Crippen LogP contribution in [-0.4, -0.2) is 19.1 Å². The Hall–Kier alpha value is -1.02. The van der Waals surface area contributed by atoms with Gasteiger partial charge in [0.1, 0.15) is 0 Å². The number of nitrogens with two attached hydrogens (primary N) is 1. The molecule has 2 N–H and O–H groups in total. The summed E-state index contributed by atoms with van der Waals surface area (Å²) < 4.78 is 0. The lowest BCUT2D eigenvalue weighted by Crippen LogP contribution is -2.28. The third kappa shape index (κ3) is 4.34. The van der Waals surface area contributed by atoms with E-state index in [-0.39, 0.29) is 6.04 Å². The minimum atomic E-state index is 0.274. The highest BCUT2D eigenvalue weighted by molar-refractivity contribution is 5.54. The zero-order valence-corrected chi connectivity index (χ0v) is 12.2. The predicted octanol–water partition coefficient (Wildman–Crippen LogP) is 3.59. The van der Waals surface area contributed by atoms with Crippen LogP contribution in [0, 0.1) is 0 Å². The van der Waals surface area contributed by atoms with Crippen molar-refractivity contribution in [2.75, 3.05) is 18.0 Å². The monoisotopic (exact) mass is 248 g/mol. The number of hydrogen-bond donors (Lipinski definition) is 1. The van der Waals surface area contributed by atoms with Gasteiger partial charge in [-0.2, -0.15) is 0 Å². The smallest absolute Gasteiger partial charge is 0.0399 e. The van der Waals surface area contributed by atoms with Crippen molar-refractivity contribution in [2.45, 2.75) is 52.5 Å². The molecule has 0 spiro atoms. The molecule has 0 heterocycles. The van der Waals surface area contributed by atoms with Gasteiger partial charge in [-0.15, -0.1) is 0 Å². The van der Waals surface area contributed by atoms with Crippen molar-refractivity contribution in [3.8, 4) is 0 Å². The second-order valence-corrected chi connectivity index (χ2v) is 4.99. The first-order valence-electron chi connectivity index (χ1n) is 7.31. The Morgan fingerprint density at radius 3 is 2.22 bits per heavy atom. The Morgan fingerprint density at radius 1 is 1.06 bits per heavy atom. The number of rotatable bonds is 8. The minimum Gasteiger partial charge on any atom is -0.371 e. The molecule has 0 bridgehead atoms. The van der Waals surface area contributed by atoms with Gasteiger partial charge < -0.3 is 10.6 Å². The van der Waals surface area contributed by atoms with Crippen molar-refractivity contribution in [1.82, 2.24) is 0 Å². The lowest BCUT2D eigenvalue weighted by atomic mass is 10.0. The summed E-state index contributed by atoms with van der Waals surface area (Å²) in [5.41, 5.74) is 8.88. The Morgan fingerprint density at radius 2 is 1.67 bits per heavy atom. The molecule has 2 nitrogen and oxygen atoms in total. The van der Waals surface area contributed by atoms with E-state index in [0.717, 1.165) is 25.9 Å². The van der Waals surface area contributed by atoms with Crippen LogP contribution in [-0.2, 0) is 6.42 Å². The molecule has 1 unspecified atom stereocenters. The van der Waals surface area contributed by atoms with Gasteiger partial charge in [0.25, 0.3) is 0 Å². The molecule has 1 aromatic rings. The van der Waals surface area contributed by atoms with Crippen LogP contribution in [0.3, 0.4) is 0 Å². The average Bonchev–Trinajstić information content (AvgIpc) is 2.39. The standard InChI is InChI=1S/C16H28N2/c1-4-11-18(12-5-2)16-10-8-7-9-14(16)13-15(17)6-3/h7-10,15H,4-6,11-13,17H2,1-3H3. The number of para-hydroxylation sites is 1. The molecule has 2 heteroatoms. The van der Waals surface area contributed by atoms with E-state index in [9.17, 15) is 0 Å². The largest absolute Gasteiger partial charge is 0.371 e. The van der Waals surface area contributed by atoms with Crippen LogP contribution in [0.2, 0.25) is 0 Å². The second-order valence-electron chi connectivity index (χ2n) is 4.99. The zero-order valence-electron chi connectivity index (χ0n) is 12.2. The quantitative estimate of drug-likeness (QED) is 0.761. The third-order valence-corrected chi connectivity index (χ3v) is 3.33. The van der Waals surface area contributed by atoms with E-state index in [0.29, 0.717) is 0 Å². The highest BCUT2D eigenvalue weighted by Gasteiger charge is 2.11. The van der Waals surface area contributed by atoms with Crippen molar-refractivity contribution in [2.24, 2.45) is 5.73 Å². The molecule has 0 fully saturated rings. The van der Waals surface area contributed by atoms with Crippen molar-refractivity contribution < 1.29 is 0 Å². The number of anilines is 1. The Labute approximate surface area is 112 Å². The third-order valence-electron chi connectivity index (χ3n) is 3.33. The SMILES string of the molecule is CCCN(CCC)c1ccccc1CC(N)CC. The average molecular weight is 248 g/mol. The molecule has 0 aliphatic carbocycles. The maximum atomic E-state index is 6.10. The van der Waals surface area contributed by atoms with Gasteiger partial charge in [0.05, 0.1) is 0 Å². The van der Waals surface area contributed by atoms with Crippen molar-refractivity contribution in [3.63, 3.8) is 0 Å². The van der Waals surface area contributed by atoms with Gasteiger partial charge in [0.2, 0.25) is 0 Å². The topological polar surface area (TPSA) is 29.3 Å². The van der Waals surface area contributed by atoms with Gasteiger partial charge in [0.15, 0.2) is 0 Å². The molecule has 1 aromatic carbocycles. The van der Waals surface area contributed by atoms with Crippen LogP contribution in [0.4, 0.5) is 5.69 Å². The van der Waals surface area contributed by atoms with Crippen LogP contribution in [0.15, 0.2) is 24.3 Å². The predicted molar refractivity (Wildman–Crippen MR) is 81.2 cm³/mol. The number of hydrogen-bond acceptors (Lipinski definition) is 2. The summed E-state index contributed by atoms with van der Waals surface area (Å²) in [6, 6.07) is 8.99. The Bertz CT molecular complexity index is 330. The van der Waals surface area contributed by atoms with Gasteiger partial charge in [-0.05, 0) is 37.3 Å². The summed E-state index contributed by atoms with van der Waals surface area (Å²) in [7, 11) is 0. The first-order chi connectivity index (χ1) is 8.72. The molecular formula is C16H28N2. The molecule has 1 atom stereocenters. The summed E-state index contributed by atoms with van der Waals surface area (Å²) in [5, 5.41) is 0. The maximum absolute atomic E-state index is 6.10. The number of benzene rings is 1. The van der Waals surface area contributed by atoms with E-state index in [4.69, 9.17) is 5.73 Å². The van der Waals surface area contributed by atoms with Crippen LogP contribution < -0.4 is 10.6 Å².